The lowest BCUT2D eigenvalue weighted by atomic mass is 10.2. The molecule has 0 aliphatic rings. The molecule has 0 N–H and O–H groups in total. The number of rotatable bonds is 0. The van der Waals surface area contributed by atoms with Crippen LogP contribution in [-0.2, 0) is 5.11 Å². The van der Waals surface area contributed by atoms with Crippen molar-refractivity contribution in [1.29, 1.82) is 0 Å². The van der Waals surface area contributed by atoms with Crippen molar-refractivity contribution in [1.82, 2.24) is 0 Å². The number of hydrogen-bond acceptors (Lipinski definition) is 0. The van der Waals surface area contributed by atoms with Crippen LogP contribution >= 0.6 is 11.6 Å². The van der Waals surface area contributed by atoms with E-state index in [9.17, 15) is 5.11 Å². The molecule has 0 heterocycles. The molecule has 0 unspecified atom stereocenters. The van der Waals surface area contributed by atoms with E-state index in [1.807, 2.05) is 0 Å². The summed E-state index contributed by atoms with van der Waals surface area (Å²) in [6.07, 6.45) is 0. The zero-order valence-electron chi connectivity index (χ0n) is 5.80. The second-order valence-corrected chi connectivity index (χ2v) is 2.39. The van der Waals surface area contributed by atoms with Gasteiger partial charge in [-0.25, -0.2) is 5.11 Å². The van der Waals surface area contributed by atoms with Crippen molar-refractivity contribution in [3.63, 3.8) is 0 Å². The monoisotopic (exact) mass is 165 g/mol. The van der Waals surface area contributed by atoms with Crippen molar-refractivity contribution in [2.24, 2.45) is 0 Å². The predicted molar refractivity (Wildman–Crippen MR) is 43.9 cm³/mol. The van der Waals surface area contributed by atoms with E-state index in [-0.39, 0.29) is 6.61 Å². The zero-order chi connectivity index (χ0) is 8.10. The highest BCUT2D eigenvalue weighted by Crippen LogP contribution is 2.07. The fourth-order valence-corrected chi connectivity index (χ4v) is 0.797. The van der Waals surface area contributed by atoms with E-state index < -0.39 is 0 Å². The van der Waals surface area contributed by atoms with Gasteiger partial charge in [-0.15, -0.1) is 0 Å². The van der Waals surface area contributed by atoms with Gasteiger partial charge in [0.15, 0.2) is 0 Å². The van der Waals surface area contributed by atoms with Crippen molar-refractivity contribution >= 4 is 11.6 Å². The van der Waals surface area contributed by atoms with E-state index in [2.05, 4.69) is 11.8 Å². The summed E-state index contributed by atoms with van der Waals surface area (Å²) in [5.74, 6) is 5.14. The van der Waals surface area contributed by atoms with Gasteiger partial charge in [-0.05, 0) is 24.3 Å². The van der Waals surface area contributed by atoms with Crippen LogP contribution in [0.4, 0.5) is 0 Å². The Hall–Kier alpha value is -0.970. The average Bonchev–Trinajstić information content (AvgIpc) is 2.04. The van der Waals surface area contributed by atoms with Crippen LogP contribution in [0, 0.1) is 11.8 Å². The van der Waals surface area contributed by atoms with Gasteiger partial charge in [0.05, 0.1) is 0 Å². The highest BCUT2D eigenvalue weighted by atomic mass is 35.5. The zero-order valence-corrected chi connectivity index (χ0v) is 6.56. The minimum atomic E-state index is -0.359. The normalized spacial score (nSPS) is 8.55. The molecule has 0 saturated carbocycles. The average molecular weight is 166 g/mol. The highest BCUT2D eigenvalue weighted by Gasteiger charge is 1.85. The molecule has 55 valence electrons. The third kappa shape index (κ3) is 2.63. The largest absolute Gasteiger partial charge is 0.223 e. The second kappa shape index (κ2) is 4.02. The first-order chi connectivity index (χ1) is 5.33. The molecule has 0 aliphatic heterocycles. The summed E-state index contributed by atoms with van der Waals surface area (Å²) in [6.45, 7) is -0.359. The maximum Gasteiger partial charge on any atom is 0.143 e. The van der Waals surface area contributed by atoms with E-state index in [0.29, 0.717) is 5.02 Å². The SMILES string of the molecule is [O]CC#Cc1ccc(Cl)cc1. The quantitative estimate of drug-likeness (QED) is 0.525. The molecule has 0 fully saturated rings. The van der Waals surface area contributed by atoms with Gasteiger partial charge < -0.3 is 0 Å². The Morgan fingerprint density at radius 3 is 2.45 bits per heavy atom. The van der Waals surface area contributed by atoms with Crippen LogP contribution in [0.1, 0.15) is 5.56 Å². The fraction of sp³-hybridized carbons (Fsp3) is 0.111. The van der Waals surface area contributed by atoms with Crippen LogP contribution in [0.3, 0.4) is 0 Å². The van der Waals surface area contributed by atoms with Crippen LogP contribution < -0.4 is 0 Å². The smallest absolute Gasteiger partial charge is 0.143 e. The summed E-state index contributed by atoms with van der Waals surface area (Å²) in [4.78, 5) is 0. The molecular formula is C9H6ClO. The van der Waals surface area contributed by atoms with E-state index in [1.165, 1.54) is 0 Å². The van der Waals surface area contributed by atoms with Crippen LogP contribution in [-0.4, -0.2) is 6.61 Å². The van der Waals surface area contributed by atoms with Crippen molar-refractivity contribution in [3.8, 4) is 11.8 Å². The molecule has 0 amide bonds. The number of hydrogen-bond donors (Lipinski definition) is 0. The van der Waals surface area contributed by atoms with Gasteiger partial charge in [-0.2, -0.15) is 0 Å². The van der Waals surface area contributed by atoms with E-state index in [4.69, 9.17) is 11.6 Å². The molecule has 11 heavy (non-hydrogen) atoms. The maximum absolute atomic E-state index is 9.97. The summed E-state index contributed by atoms with van der Waals surface area (Å²) in [7, 11) is 0. The summed E-state index contributed by atoms with van der Waals surface area (Å²) in [5, 5.41) is 10.6. The molecule has 2 heteroatoms. The number of benzene rings is 1. The van der Waals surface area contributed by atoms with Crippen molar-refractivity contribution in [2.45, 2.75) is 0 Å². The molecule has 0 spiro atoms. The first-order valence-corrected chi connectivity index (χ1v) is 3.53. The molecule has 1 radical (unpaired) electrons. The number of halogens is 1. The van der Waals surface area contributed by atoms with Crippen LogP contribution in [0.5, 0.6) is 0 Å². The summed E-state index contributed by atoms with van der Waals surface area (Å²) in [6, 6.07) is 7.06. The Balaban J connectivity index is 2.82. The van der Waals surface area contributed by atoms with Crippen LogP contribution in [0.15, 0.2) is 24.3 Å². The summed E-state index contributed by atoms with van der Waals surface area (Å²) in [5.41, 5.74) is 0.824. The summed E-state index contributed by atoms with van der Waals surface area (Å²) < 4.78 is 0. The Morgan fingerprint density at radius 2 is 1.91 bits per heavy atom. The van der Waals surface area contributed by atoms with E-state index in [0.717, 1.165) is 5.56 Å². The molecule has 1 aromatic rings. The first-order valence-electron chi connectivity index (χ1n) is 3.15. The molecule has 0 aromatic heterocycles. The maximum atomic E-state index is 9.97. The molecule has 0 atom stereocenters. The Bertz CT molecular complexity index is 279. The van der Waals surface area contributed by atoms with Crippen LogP contribution in [0.25, 0.3) is 0 Å². The molecule has 0 aliphatic carbocycles. The molecule has 1 aromatic carbocycles. The highest BCUT2D eigenvalue weighted by molar-refractivity contribution is 6.30. The lowest BCUT2D eigenvalue weighted by Crippen LogP contribution is -1.74. The van der Waals surface area contributed by atoms with E-state index >= 15 is 0 Å². The Labute approximate surface area is 70.6 Å². The Morgan fingerprint density at radius 1 is 1.27 bits per heavy atom. The fourth-order valence-electron chi connectivity index (χ4n) is 0.671. The van der Waals surface area contributed by atoms with Crippen LogP contribution in [0.2, 0.25) is 5.02 Å². The lowest BCUT2D eigenvalue weighted by Gasteiger charge is -1.88. The van der Waals surface area contributed by atoms with Crippen molar-refractivity contribution in [2.75, 3.05) is 6.61 Å². The van der Waals surface area contributed by atoms with Crippen molar-refractivity contribution < 1.29 is 5.11 Å². The minimum absolute atomic E-state index is 0.359. The van der Waals surface area contributed by atoms with Gasteiger partial charge in [0.25, 0.3) is 0 Å². The second-order valence-electron chi connectivity index (χ2n) is 1.95. The third-order valence-electron chi connectivity index (χ3n) is 1.15. The molecule has 0 saturated heterocycles. The lowest BCUT2D eigenvalue weighted by molar-refractivity contribution is 0.239. The molecule has 1 nitrogen and oxygen atoms in total. The van der Waals surface area contributed by atoms with E-state index in [1.54, 1.807) is 24.3 Å². The topological polar surface area (TPSA) is 19.9 Å². The predicted octanol–water partition coefficient (Wildman–Crippen LogP) is 2.12. The van der Waals surface area contributed by atoms with Gasteiger partial charge in [0, 0.05) is 10.6 Å². The third-order valence-corrected chi connectivity index (χ3v) is 1.40. The minimum Gasteiger partial charge on any atom is -0.223 e. The van der Waals surface area contributed by atoms with Crippen molar-refractivity contribution in [3.05, 3.63) is 34.9 Å². The van der Waals surface area contributed by atoms with Gasteiger partial charge in [0.2, 0.25) is 0 Å². The first kappa shape index (κ1) is 8.13. The van der Waals surface area contributed by atoms with Gasteiger partial charge in [-0.3, -0.25) is 0 Å². The van der Waals surface area contributed by atoms with Gasteiger partial charge in [-0.1, -0.05) is 23.4 Å². The van der Waals surface area contributed by atoms with Gasteiger partial charge >= 0.3 is 0 Å². The Kier molecular flexibility index (Phi) is 2.97. The van der Waals surface area contributed by atoms with Gasteiger partial charge in [0.1, 0.15) is 6.61 Å². The summed E-state index contributed by atoms with van der Waals surface area (Å²) >= 11 is 5.64. The molecular weight excluding hydrogens is 160 g/mol. The molecule has 1 rings (SSSR count). The standard InChI is InChI=1S/C9H6ClO/c10-9-5-3-8(4-6-9)2-1-7-11/h3-6H,7H2. The molecule has 0 bridgehead atoms.